The maximum Gasteiger partial charge on any atom is 0.220 e. The maximum atomic E-state index is 13.7. The van der Waals surface area contributed by atoms with Crippen molar-refractivity contribution in [2.75, 3.05) is 7.11 Å². The Kier molecular flexibility index (Phi) is 7.62. The minimum Gasteiger partial charge on any atom is -0.494 e. The molecule has 5 nitrogen and oxygen atoms in total. The Morgan fingerprint density at radius 3 is 2.48 bits per heavy atom. The van der Waals surface area contributed by atoms with Crippen LogP contribution in [0.2, 0.25) is 0 Å². The molecular formula is C20H28ClFN2O3. The number of hydrogen-bond acceptors (Lipinski definition) is 4. The van der Waals surface area contributed by atoms with E-state index in [9.17, 15) is 14.0 Å². The van der Waals surface area contributed by atoms with Crippen molar-refractivity contribution in [2.45, 2.75) is 57.0 Å². The topological polar surface area (TPSA) is 81.4 Å². The molecule has 0 saturated heterocycles. The van der Waals surface area contributed by atoms with Gasteiger partial charge in [0.2, 0.25) is 5.91 Å². The molecule has 0 radical (unpaired) electrons. The number of fused-ring (bicyclic) bond motifs is 2. The number of carbonyl (C=O) groups excluding carboxylic acids is 2. The molecule has 2 aliphatic carbocycles. The zero-order chi connectivity index (χ0) is 18.7. The number of amides is 1. The second kappa shape index (κ2) is 9.51. The van der Waals surface area contributed by atoms with E-state index in [0.29, 0.717) is 11.8 Å². The van der Waals surface area contributed by atoms with Crippen LogP contribution in [0.4, 0.5) is 4.39 Å². The molecule has 2 fully saturated rings. The van der Waals surface area contributed by atoms with Crippen molar-refractivity contribution in [3.63, 3.8) is 0 Å². The van der Waals surface area contributed by atoms with Gasteiger partial charge in [0.25, 0.3) is 0 Å². The van der Waals surface area contributed by atoms with Crippen molar-refractivity contribution >= 4 is 24.1 Å². The van der Waals surface area contributed by atoms with E-state index in [0.717, 1.165) is 31.7 Å². The van der Waals surface area contributed by atoms with Gasteiger partial charge in [0.1, 0.15) is 0 Å². The maximum absolute atomic E-state index is 13.7. The summed E-state index contributed by atoms with van der Waals surface area (Å²) in [7, 11) is 1.37. The summed E-state index contributed by atoms with van der Waals surface area (Å²) in [6, 6.07) is 4.53. The summed E-state index contributed by atoms with van der Waals surface area (Å²) >= 11 is 0. The molecule has 0 spiro atoms. The van der Waals surface area contributed by atoms with Gasteiger partial charge >= 0.3 is 0 Å². The number of ether oxygens (including phenoxy) is 1. The van der Waals surface area contributed by atoms with Crippen LogP contribution in [0.15, 0.2) is 18.2 Å². The summed E-state index contributed by atoms with van der Waals surface area (Å²) in [6.45, 7) is 0. The second-order valence-electron chi connectivity index (χ2n) is 7.55. The van der Waals surface area contributed by atoms with Crippen molar-refractivity contribution in [1.82, 2.24) is 5.32 Å². The predicted octanol–water partition coefficient (Wildman–Crippen LogP) is 3.24. The molecule has 2 aliphatic rings. The molecule has 0 aromatic heterocycles. The number of nitrogens with one attached hydrogen (secondary N) is 1. The summed E-state index contributed by atoms with van der Waals surface area (Å²) in [6.07, 6.45) is 5.54. The Labute approximate surface area is 165 Å². The number of methoxy groups -OCH3 is 1. The molecule has 150 valence electrons. The standard InChI is InChI=1S/C20H27FN2O3.ClH/c1-26-18-7-5-12(11-16(18)21)17(24)6-8-19(25)23-20-13-3-2-4-14(20)10-15(22)9-13;/h5,7,11,13-15,20H,2-4,6,8-10,22H2,1H3,(H,23,25);1H. The fourth-order valence-electron chi connectivity index (χ4n) is 4.49. The number of Topliss-reactive ketones (excluding diaryl/α,β-unsaturated/α-hetero) is 1. The largest absolute Gasteiger partial charge is 0.494 e. The van der Waals surface area contributed by atoms with Crippen LogP contribution in [-0.2, 0) is 4.79 Å². The zero-order valence-electron chi connectivity index (χ0n) is 15.6. The Balaban J connectivity index is 0.00000261. The van der Waals surface area contributed by atoms with Crippen LogP contribution < -0.4 is 15.8 Å². The highest BCUT2D eigenvalue weighted by atomic mass is 35.5. The van der Waals surface area contributed by atoms with Gasteiger partial charge in [-0.25, -0.2) is 4.39 Å². The van der Waals surface area contributed by atoms with E-state index in [2.05, 4.69) is 5.32 Å². The monoisotopic (exact) mass is 398 g/mol. The minimum absolute atomic E-state index is 0. The van der Waals surface area contributed by atoms with E-state index in [1.807, 2.05) is 0 Å². The lowest BCUT2D eigenvalue weighted by atomic mass is 9.67. The molecule has 2 bridgehead atoms. The van der Waals surface area contributed by atoms with Gasteiger partial charge in [0.15, 0.2) is 17.3 Å². The highest BCUT2D eigenvalue weighted by molar-refractivity contribution is 5.98. The van der Waals surface area contributed by atoms with E-state index in [1.54, 1.807) is 0 Å². The lowest BCUT2D eigenvalue weighted by Gasteiger charge is -2.45. The smallest absolute Gasteiger partial charge is 0.220 e. The third kappa shape index (κ3) is 5.20. The SMILES string of the molecule is COc1ccc(C(=O)CCC(=O)NC2C3CCCC2CC(N)C3)cc1F.Cl. The van der Waals surface area contributed by atoms with Crippen LogP contribution in [0.5, 0.6) is 5.75 Å². The first-order valence-corrected chi connectivity index (χ1v) is 9.39. The molecule has 7 heteroatoms. The van der Waals surface area contributed by atoms with Crippen LogP contribution in [0.3, 0.4) is 0 Å². The first-order chi connectivity index (χ1) is 12.5. The first-order valence-electron chi connectivity index (χ1n) is 9.39. The van der Waals surface area contributed by atoms with Crippen molar-refractivity contribution in [1.29, 1.82) is 0 Å². The van der Waals surface area contributed by atoms with E-state index >= 15 is 0 Å². The normalized spacial score (nSPS) is 26.6. The number of rotatable bonds is 6. The molecule has 0 aliphatic heterocycles. The van der Waals surface area contributed by atoms with E-state index in [1.165, 1.54) is 25.7 Å². The quantitative estimate of drug-likeness (QED) is 0.721. The van der Waals surface area contributed by atoms with Gasteiger partial charge in [0.05, 0.1) is 7.11 Å². The average Bonchev–Trinajstić information content (AvgIpc) is 2.60. The zero-order valence-corrected chi connectivity index (χ0v) is 16.4. The van der Waals surface area contributed by atoms with Crippen molar-refractivity contribution in [3.8, 4) is 5.75 Å². The average molecular weight is 399 g/mol. The van der Waals surface area contributed by atoms with Crippen LogP contribution in [0.1, 0.15) is 55.3 Å². The number of carbonyl (C=O) groups is 2. The summed E-state index contributed by atoms with van der Waals surface area (Å²) in [4.78, 5) is 24.6. The van der Waals surface area contributed by atoms with Crippen LogP contribution in [-0.4, -0.2) is 30.9 Å². The molecular weight excluding hydrogens is 371 g/mol. The molecule has 1 aromatic rings. The number of hydrogen-bond donors (Lipinski definition) is 2. The molecule has 0 heterocycles. The number of benzene rings is 1. The fourth-order valence-corrected chi connectivity index (χ4v) is 4.49. The number of nitrogens with two attached hydrogens (primary N) is 1. The highest BCUT2D eigenvalue weighted by Crippen LogP contribution is 2.39. The Morgan fingerprint density at radius 1 is 1.22 bits per heavy atom. The van der Waals surface area contributed by atoms with Gasteiger partial charge in [-0.15, -0.1) is 12.4 Å². The van der Waals surface area contributed by atoms with Crippen molar-refractivity contribution < 1.29 is 18.7 Å². The predicted molar refractivity (Wildman–Crippen MR) is 104 cm³/mol. The van der Waals surface area contributed by atoms with Gasteiger partial charge in [-0.3, -0.25) is 9.59 Å². The van der Waals surface area contributed by atoms with Gasteiger partial charge in [-0.1, -0.05) is 6.42 Å². The van der Waals surface area contributed by atoms with Crippen LogP contribution >= 0.6 is 12.4 Å². The molecule has 3 N–H and O–H groups in total. The van der Waals surface area contributed by atoms with Crippen molar-refractivity contribution in [3.05, 3.63) is 29.6 Å². The first kappa shape index (κ1) is 21.6. The molecule has 2 atom stereocenters. The van der Waals surface area contributed by atoms with Gasteiger partial charge in [-0.05, 0) is 55.7 Å². The fraction of sp³-hybridized carbons (Fsp3) is 0.600. The summed E-state index contributed by atoms with van der Waals surface area (Å²) < 4.78 is 18.6. The summed E-state index contributed by atoms with van der Waals surface area (Å²) in [5.74, 6) is 0.0773. The molecule has 1 aromatic carbocycles. The third-order valence-electron chi connectivity index (χ3n) is 5.76. The molecule has 2 unspecified atom stereocenters. The Morgan fingerprint density at radius 2 is 1.89 bits per heavy atom. The van der Waals surface area contributed by atoms with Gasteiger partial charge in [-0.2, -0.15) is 0 Å². The summed E-state index contributed by atoms with van der Waals surface area (Å²) in [5, 5.41) is 3.14. The van der Waals surface area contributed by atoms with E-state index in [4.69, 9.17) is 10.5 Å². The van der Waals surface area contributed by atoms with Gasteiger partial charge < -0.3 is 15.8 Å². The van der Waals surface area contributed by atoms with Crippen molar-refractivity contribution in [2.24, 2.45) is 17.6 Å². The number of ketones is 1. The lowest BCUT2D eigenvalue weighted by Crippen LogP contribution is -2.53. The second-order valence-corrected chi connectivity index (χ2v) is 7.55. The minimum atomic E-state index is -0.575. The lowest BCUT2D eigenvalue weighted by molar-refractivity contribution is -0.123. The third-order valence-corrected chi connectivity index (χ3v) is 5.76. The molecule has 3 rings (SSSR count). The van der Waals surface area contributed by atoms with Crippen LogP contribution in [0.25, 0.3) is 0 Å². The Bertz CT molecular complexity index is 671. The molecule has 2 saturated carbocycles. The molecule has 1 amide bonds. The highest BCUT2D eigenvalue weighted by Gasteiger charge is 2.39. The van der Waals surface area contributed by atoms with E-state index in [-0.39, 0.29) is 60.3 Å². The number of halogens is 2. The summed E-state index contributed by atoms with van der Waals surface area (Å²) in [5.41, 5.74) is 6.38. The van der Waals surface area contributed by atoms with E-state index < -0.39 is 5.82 Å². The molecule has 27 heavy (non-hydrogen) atoms. The van der Waals surface area contributed by atoms with Gasteiger partial charge in [0, 0.05) is 30.5 Å². The Hall–Kier alpha value is -1.66. The van der Waals surface area contributed by atoms with Crippen LogP contribution in [0, 0.1) is 17.7 Å².